The Hall–Kier alpha value is -1.71. The van der Waals surface area contributed by atoms with E-state index in [1.54, 1.807) is 12.1 Å². The van der Waals surface area contributed by atoms with Crippen molar-refractivity contribution in [3.05, 3.63) is 30.0 Å². The lowest BCUT2D eigenvalue weighted by atomic mass is 10.2. The monoisotopic (exact) mass is 166 g/mol. The lowest BCUT2D eigenvalue weighted by Gasteiger charge is -1.95. The largest absolute Gasteiger partial charge is 0.383 e. The van der Waals surface area contributed by atoms with Gasteiger partial charge in [0, 0.05) is 17.8 Å². The summed E-state index contributed by atoms with van der Waals surface area (Å²) in [5, 5.41) is 0. The smallest absolute Gasteiger partial charge is 0.324 e. The van der Waals surface area contributed by atoms with Crippen LogP contribution in [0.4, 0.5) is 10.2 Å². The number of anilines is 1. The van der Waals surface area contributed by atoms with E-state index in [-0.39, 0.29) is 5.82 Å². The quantitative estimate of drug-likeness (QED) is 0.530. The van der Waals surface area contributed by atoms with Crippen molar-refractivity contribution in [2.75, 3.05) is 5.73 Å². The third kappa shape index (κ3) is 2.16. The van der Waals surface area contributed by atoms with E-state index in [1.807, 2.05) is 0 Å². The van der Waals surface area contributed by atoms with Crippen molar-refractivity contribution < 1.29 is 9.18 Å². The van der Waals surface area contributed by atoms with Crippen LogP contribution >= 0.6 is 0 Å². The molecule has 0 aliphatic heterocycles. The Labute approximate surface area is 68.7 Å². The molecule has 0 aromatic carbocycles. The summed E-state index contributed by atoms with van der Waals surface area (Å²) in [4.78, 5) is 13.7. The van der Waals surface area contributed by atoms with Crippen LogP contribution in [-0.2, 0) is 4.79 Å². The molecule has 2 N–H and O–H groups in total. The zero-order chi connectivity index (χ0) is 8.97. The Kier molecular flexibility index (Phi) is 2.53. The van der Waals surface area contributed by atoms with Crippen molar-refractivity contribution in [2.24, 2.45) is 0 Å². The first-order valence-electron chi connectivity index (χ1n) is 3.28. The number of hydrogen-bond donors (Lipinski definition) is 1. The lowest BCUT2D eigenvalue weighted by Crippen LogP contribution is -1.92. The number of carbonyl (C=O) groups excluding carboxylic acids is 1. The van der Waals surface area contributed by atoms with Crippen LogP contribution in [0, 0.1) is 0 Å². The molecule has 1 aromatic rings. The van der Waals surface area contributed by atoms with Gasteiger partial charge in [-0.05, 0) is 18.2 Å². The molecule has 0 saturated carbocycles. The van der Waals surface area contributed by atoms with Crippen molar-refractivity contribution in [1.82, 2.24) is 4.98 Å². The number of halogens is 1. The Morgan fingerprint density at radius 1 is 1.67 bits per heavy atom. The maximum absolute atomic E-state index is 11.7. The highest BCUT2D eigenvalue weighted by molar-refractivity contribution is 5.86. The predicted molar refractivity (Wildman–Crippen MR) is 43.8 cm³/mol. The molecule has 0 amide bonds. The minimum absolute atomic E-state index is 0.273. The molecule has 0 aliphatic carbocycles. The summed E-state index contributed by atoms with van der Waals surface area (Å²) in [6.45, 7) is 0. The molecule has 0 unspecified atom stereocenters. The number of allylic oxidation sites excluding steroid dienone is 1. The fraction of sp³-hybridized carbons (Fsp3) is 0. The van der Waals surface area contributed by atoms with Crippen LogP contribution in [0.5, 0.6) is 0 Å². The van der Waals surface area contributed by atoms with E-state index in [2.05, 4.69) is 4.98 Å². The molecule has 0 bridgehead atoms. The van der Waals surface area contributed by atoms with E-state index in [4.69, 9.17) is 5.73 Å². The van der Waals surface area contributed by atoms with Gasteiger partial charge >= 0.3 is 6.04 Å². The minimum Gasteiger partial charge on any atom is -0.383 e. The number of pyridine rings is 1. The molecule has 12 heavy (non-hydrogen) atoms. The van der Waals surface area contributed by atoms with Crippen molar-refractivity contribution >= 4 is 17.9 Å². The third-order valence-electron chi connectivity index (χ3n) is 1.27. The highest BCUT2D eigenvalue weighted by Crippen LogP contribution is 2.08. The van der Waals surface area contributed by atoms with Crippen molar-refractivity contribution in [3.8, 4) is 0 Å². The molecule has 0 radical (unpaired) electrons. The number of rotatable bonds is 2. The van der Waals surface area contributed by atoms with E-state index in [0.717, 1.165) is 6.08 Å². The molecule has 0 atom stereocenters. The summed E-state index contributed by atoms with van der Waals surface area (Å²) in [5.41, 5.74) is 5.94. The Morgan fingerprint density at radius 2 is 2.42 bits per heavy atom. The van der Waals surface area contributed by atoms with Crippen molar-refractivity contribution in [1.29, 1.82) is 0 Å². The zero-order valence-corrected chi connectivity index (χ0v) is 6.20. The second kappa shape index (κ2) is 3.61. The second-order valence-corrected chi connectivity index (χ2v) is 2.12. The SMILES string of the molecule is Nc1ncccc1/C=C/C(=O)F. The molecule has 0 aliphatic rings. The molecule has 1 heterocycles. The van der Waals surface area contributed by atoms with Gasteiger partial charge in [-0.15, -0.1) is 0 Å². The number of hydrogen-bond acceptors (Lipinski definition) is 3. The van der Waals surface area contributed by atoms with Gasteiger partial charge in [0.25, 0.3) is 0 Å². The number of nitrogen functional groups attached to an aromatic ring is 1. The predicted octanol–water partition coefficient (Wildman–Crippen LogP) is 1.17. The maximum atomic E-state index is 11.7. The fourth-order valence-corrected chi connectivity index (χ4v) is 0.726. The average molecular weight is 166 g/mol. The first kappa shape index (κ1) is 8.39. The Bertz CT molecular complexity index is 323. The molecular weight excluding hydrogens is 159 g/mol. The molecule has 3 nitrogen and oxygen atoms in total. The molecular formula is C8H7FN2O. The Morgan fingerprint density at radius 3 is 3.00 bits per heavy atom. The van der Waals surface area contributed by atoms with Gasteiger partial charge in [-0.1, -0.05) is 0 Å². The molecule has 1 rings (SSSR count). The lowest BCUT2D eigenvalue weighted by molar-refractivity contribution is -0.124. The number of nitrogens with zero attached hydrogens (tertiary/aromatic N) is 1. The van der Waals surface area contributed by atoms with Crippen LogP contribution in [0.15, 0.2) is 24.4 Å². The van der Waals surface area contributed by atoms with E-state index >= 15 is 0 Å². The molecule has 1 aromatic heterocycles. The molecule has 0 saturated heterocycles. The summed E-state index contributed by atoms with van der Waals surface area (Å²) in [6.07, 6.45) is 3.60. The van der Waals surface area contributed by atoms with Gasteiger partial charge in [0.05, 0.1) is 0 Å². The molecule has 0 fully saturated rings. The van der Waals surface area contributed by atoms with E-state index in [0.29, 0.717) is 5.56 Å². The van der Waals surface area contributed by atoms with Gasteiger partial charge in [-0.2, -0.15) is 4.39 Å². The van der Waals surface area contributed by atoms with Gasteiger partial charge in [0.1, 0.15) is 5.82 Å². The second-order valence-electron chi connectivity index (χ2n) is 2.12. The Balaban J connectivity index is 2.89. The summed E-state index contributed by atoms with van der Waals surface area (Å²) in [5.74, 6) is 0.273. The van der Waals surface area contributed by atoms with Crippen LogP contribution < -0.4 is 5.73 Å². The van der Waals surface area contributed by atoms with E-state index in [9.17, 15) is 9.18 Å². The highest BCUT2D eigenvalue weighted by atomic mass is 19.1. The van der Waals surface area contributed by atoms with Gasteiger partial charge in [0.2, 0.25) is 0 Å². The maximum Gasteiger partial charge on any atom is 0.324 e. The molecule has 62 valence electrons. The number of carbonyl (C=O) groups is 1. The van der Waals surface area contributed by atoms with Crippen LogP contribution in [-0.4, -0.2) is 11.0 Å². The van der Waals surface area contributed by atoms with Gasteiger partial charge < -0.3 is 5.73 Å². The van der Waals surface area contributed by atoms with Crippen LogP contribution in [0.3, 0.4) is 0 Å². The van der Waals surface area contributed by atoms with Crippen LogP contribution in [0.2, 0.25) is 0 Å². The van der Waals surface area contributed by atoms with Crippen LogP contribution in [0.1, 0.15) is 5.56 Å². The number of nitrogens with two attached hydrogens (primary N) is 1. The van der Waals surface area contributed by atoms with Gasteiger partial charge in [0.15, 0.2) is 0 Å². The molecule has 4 heteroatoms. The zero-order valence-electron chi connectivity index (χ0n) is 6.20. The van der Waals surface area contributed by atoms with Gasteiger partial charge in [-0.3, -0.25) is 4.79 Å². The van der Waals surface area contributed by atoms with E-state index < -0.39 is 6.04 Å². The topological polar surface area (TPSA) is 56.0 Å². The first-order valence-corrected chi connectivity index (χ1v) is 3.28. The fourth-order valence-electron chi connectivity index (χ4n) is 0.726. The highest BCUT2D eigenvalue weighted by Gasteiger charge is 1.94. The minimum atomic E-state index is -1.50. The van der Waals surface area contributed by atoms with Crippen LogP contribution in [0.25, 0.3) is 6.08 Å². The van der Waals surface area contributed by atoms with E-state index in [1.165, 1.54) is 12.3 Å². The average Bonchev–Trinajstić information content (AvgIpc) is 2.03. The van der Waals surface area contributed by atoms with Crippen molar-refractivity contribution in [2.45, 2.75) is 0 Å². The first-order chi connectivity index (χ1) is 5.70. The molecule has 0 spiro atoms. The summed E-state index contributed by atoms with van der Waals surface area (Å²) < 4.78 is 11.7. The third-order valence-corrected chi connectivity index (χ3v) is 1.27. The normalized spacial score (nSPS) is 10.4. The summed E-state index contributed by atoms with van der Waals surface area (Å²) >= 11 is 0. The number of aromatic nitrogens is 1. The van der Waals surface area contributed by atoms with Crippen molar-refractivity contribution in [3.63, 3.8) is 0 Å². The summed E-state index contributed by atoms with van der Waals surface area (Å²) in [6, 6.07) is 1.79. The van der Waals surface area contributed by atoms with Gasteiger partial charge in [-0.25, -0.2) is 4.98 Å². The standard InChI is InChI=1S/C8H7FN2O/c9-7(12)4-3-6-2-1-5-11-8(6)10/h1-5H,(H2,10,11)/b4-3+. The summed E-state index contributed by atoms with van der Waals surface area (Å²) in [7, 11) is 0.